The third kappa shape index (κ3) is 3.02. The molecule has 6 aromatic carbocycles. The zero-order valence-electron chi connectivity index (χ0n) is 20.1. The van der Waals surface area contributed by atoms with E-state index in [1.165, 1.54) is 75.8 Å². The molecule has 8 rings (SSSR count). The highest BCUT2D eigenvalue weighted by Gasteiger charge is 2.24. The molecule has 1 aliphatic rings. The highest BCUT2D eigenvalue weighted by atomic mass is 32.1. The predicted octanol–water partition coefficient (Wildman–Crippen LogP) is 10.7. The van der Waals surface area contributed by atoms with Gasteiger partial charge < -0.3 is 0 Å². The van der Waals surface area contributed by atoms with Gasteiger partial charge in [-0.1, -0.05) is 127 Å². The van der Waals surface area contributed by atoms with E-state index in [-0.39, 0.29) is 0 Å². The molecule has 1 aliphatic carbocycles. The molecule has 0 atom stereocenters. The molecule has 0 nitrogen and oxygen atoms in total. The van der Waals surface area contributed by atoms with Crippen molar-refractivity contribution >= 4 is 31.5 Å². The molecule has 0 amide bonds. The minimum atomic E-state index is 1.28. The SMILES string of the molecule is c1ccc2c(c1)-c1ccccc1-c1cccc(-c3cccc4c3sc3ccccc34)c1-c1ccccc1-2. The maximum absolute atomic E-state index is 2.31. The van der Waals surface area contributed by atoms with Crippen LogP contribution in [0.15, 0.2) is 133 Å². The number of fused-ring (bicyclic) bond motifs is 11. The highest BCUT2D eigenvalue weighted by molar-refractivity contribution is 7.26. The molecule has 0 radical (unpaired) electrons. The van der Waals surface area contributed by atoms with E-state index in [1.807, 2.05) is 11.3 Å². The highest BCUT2D eigenvalue weighted by Crippen LogP contribution is 2.51. The van der Waals surface area contributed by atoms with Gasteiger partial charge in [-0.25, -0.2) is 0 Å². The van der Waals surface area contributed by atoms with Crippen molar-refractivity contribution in [2.24, 2.45) is 0 Å². The van der Waals surface area contributed by atoms with E-state index in [0.717, 1.165) is 0 Å². The summed E-state index contributed by atoms with van der Waals surface area (Å²) in [6, 6.07) is 49.0. The zero-order chi connectivity index (χ0) is 24.3. The zero-order valence-corrected chi connectivity index (χ0v) is 20.9. The van der Waals surface area contributed by atoms with Crippen LogP contribution in [-0.4, -0.2) is 0 Å². The topological polar surface area (TPSA) is 0 Å². The Morgan fingerprint density at radius 3 is 1.38 bits per heavy atom. The Hall–Kier alpha value is -4.46. The van der Waals surface area contributed by atoms with Crippen molar-refractivity contribution in [2.75, 3.05) is 0 Å². The summed E-state index contributed by atoms with van der Waals surface area (Å²) in [5, 5.41) is 2.67. The second-order valence-electron chi connectivity index (χ2n) is 9.65. The summed E-state index contributed by atoms with van der Waals surface area (Å²) in [6.45, 7) is 0. The van der Waals surface area contributed by atoms with Crippen molar-refractivity contribution in [3.63, 3.8) is 0 Å². The summed E-state index contributed by atoms with van der Waals surface area (Å²) in [5.41, 5.74) is 12.9. The molecule has 1 heteroatoms. The number of hydrogen-bond donors (Lipinski definition) is 0. The van der Waals surface area contributed by atoms with E-state index in [2.05, 4.69) is 133 Å². The van der Waals surface area contributed by atoms with Gasteiger partial charge in [-0.3, -0.25) is 0 Å². The van der Waals surface area contributed by atoms with Gasteiger partial charge >= 0.3 is 0 Å². The summed E-state index contributed by atoms with van der Waals surface area (Å²) >= 11 is 1.90. The standard InChI is InChI=1S/C36H22S/c1-2-12-24-23(11-1)25-13-3-4-14-27(25)30-18-9-19-31(35(30)29-17-6-5-15-26(24)29)33-21-10-20-32-28-16-7-8-22-34(28)37-36(32)33/h1-22H. The molecule has 7 aromatic rings. The average molecular weight is 487 g/mol. The molecule has 0 N–H and O–H groups in total. The van der Waals surface area contributed by atoms with Crippen molar-refractivity contribution in [1.29, 1.82) is 0 Å². The number of benzene rings is 6. The molecule has 1 heterocycles. The second kappa shape index (κ2) is 8.03. The molecule has 37 heavy (non-hydrogen) atoms. The van der Waals surface area contributed by atoms with E-state index in [0.29, 0.717) is 0 Å². The number of rotatable bonds is 1. The van der Waals surface area contributed by atoms with Crippen LogP contribution in [0.25, 0.3) is 75.8 Å². The van der Waals surface area contributed by atoms with Gasteiger partial charge in [-0.15, -0.1) is 11.3 Å². The van der Waals surface area contributed by atoms with Crippen LogP contribution in [0.5, 0.6) is 0 Å². The Bertz CT molecular complexity index is 1980. The predicted molar refractivity (Wildman–Crippen MR) is 160 cm³/mol. The molecular formula is C36H22S. The third-order valence-electron chi connectivity index (χ3n) is 7.68. The summed E-state index contributed by atoms with van der Waals surface area (Å²) in [4.78, 5) is 0. The molecule has 0 saturated carbocycles. The average Bonchev–Trinajstić information content (AvgIpc) is 3.35. The molecule has 0 fully saturated rings. The lowest BCUT2D eigenvalue weighted by Gasteiger charge is -2.25. The lowest BCUT2D eigenvalue weighted by Crippen LogP contribution is -1.98. The first-order chi connectivity index (χ1) is 18.4. The first-order valence-corrected chi connectivity index (χ1v) is 13.5. The normalized spacial score (nSPS) is 11.8. The van der Waals surface area contributed by atoms with Crippen LogP contribution < -0.4 is 0 Å². The van der Waals surface area contributed by atoms with Gasteiger partial charge in [-0.2, -0.15) is 0 Å². The van der Waals surface area contributed by atoms with Gasteiger partial charge in [0, 0.05) is 25.7 Å². The monoisotopic (exact) mass is 486 g/mol. The van der Waals surface area contributed by atoms with Crippen molar-refractivity contribution in [3.05, 3.63) is 133 Å². The Morgan fingerprint density at radius 1 is 0.297 bits per heavy atom. The van der Waals surface area contributed by atoms with E-state index < -0.39 is 0 Å². The van der Waals surface area contributed by atoms with Gasteiger partial charge in [0.05, 0.1) is 0 Å². The van der Waals surface area contributed by atoms with Gasteiger partial charge in [0.25, 0.3) is 0 Å². The van der Waals surface area contributed by atoms with Crippen LogP contribution in [0.4, 0.5) is 0 Å². The summed E-state index contributed by atoms with van der Waals surface area (Å²) < 4.78 is 2.69. The Labute approximate surface area is 220 Å². The summed E-state index contributed by atoms with van der Waals surface area (Å²) in [7, 11) is 0. The maximum Gasteiger partial charge on any atom is 0.0434 e. The molecule has 0 saturated heterocycles. The first kappa shape index (κ1) is 20.7. The largest absolute Gasteiger partial charge is 0.135 e. The summed E-state index contributed by atoms with van der Waals surface area (Å²) in [6.07, 6.45) is 0. The molecule has 0 unspecified atom stereocenters. The molecule has 0 aliphatic heterocycles. The first-order valence-electron chi connectivity index (χ1n) is 12.7. The van der Waals surface area contributed by atoms with Crippen molar-refractivity contribution in [2.45, 2.75) is 0 Å². The quantitative estimate of drug-likeness (QED) is 0.216. The van der Waals surface area contributed by atoms with Gasteiger partial charge in [0.1, 0.15) is 0 Å². The lowest BCUT2D eigenvalue weighted by molar-refractivity contribution is 1.52. The van der Waals surface area contributed by atoms with Gasteiger partial charge in [0.15, 0.2) is 0 Å². The fourth-order valence-electron chi connectivity index (χ4n) is 6.09. The second-order valence-corrected chi connectivity index (χ2v) is 10.7. The van der Waals surface area contributed by atoms with E-state index in [4.69, 9.17) is 0 Å². The van der Waals surface area contributed by atoms with Crippen molar-refractivity contribution in [1.82, 2.24) is 0 Å². The Morgan fingerprint density at radius 2 is 0.703 bits per heavy atom. The van der Waals surface area contributed by atoms with Crippen LogP contribution in [-0.2, 0) is 0 Å². The van der Waals surface area contributed by atoms with Gasteiger partial charge in [-0.05, 0) is 56.1 Å². The van der Waals surface area contributed by atoms with Crippen LogP contribution in [0.3, 0.4) is 0 Å². The fraction of sp³-hybridized carbons (Fsp3) is 0. The minimum Gasteiger partial charge on any atom is -0.135 e. The maximum atomic E-state index is 2.31. The number of thiophene rings is 1. The molecule has 1 aromatic heterocycles. The van der Waals surface area contributed by atoms with Crippen LogP contribution in [0.2, 0.25) is 0 Å². The summed E-state index contributed by atoms with van der Waals surface area (Å²) in [5.74, 6) is 0. The van der Waals surface area contributed by atoms with Crippen LogP contribution in [0, 0.1) is 0 Å². The van der Waals surface area contributed by atoms with E-state index in [9.17, 15) is 0 Å². The molecule has 172 valence electrons. The molecular weight excluding hydrogens is 464 g/mol. The molecule has 0 spiro atoms. The molecule has 0 bridgehead atoms. The lowest BCUT2D eigenvalue weighted by atomic mass is 9.78. The van der Waals surface area contributed by atoms with E-state index >= 15 is 0 Å². The van der Waals surface area contributed by atoms with Crippen molar-refractivity contribution in [3.8, 4) is 55.6 Å². The van der Waals surface area contributed by atoms with Crippen molar-refractivity contribution < 1.29 is 0 Å². The fourth-order valence-corrected chi connectivity index (χ4v) is 7.32. The van der Waals surface area contributed by atoms with E-state index in [1.54, 1.807) is 0 Å². The minimum absolute atomic E-state index is 1.28. The Balaban J connectivity index is 1.54. The smallest absolute Gasteiger partial charge is 0.0434 e. The Kier molecular flexibility index (Phi) is 4.49. The third-order valence-corrected chi connectivity index (χ3v) is 8.90. The number of hydrogen-bond acceptors (Lipinski definition) is 1. The van der Waals surface area contributed by atoms with Crippen LogP contribution in [0.1, 0.15) is 0 Å². The van der Waals surface area contributed by atoms with Crippen LogP contribution >= 0.6 is 11.3 Å². The van der Waals surface area contributed by atoms with Gasteiger partial charge in [0.2, 0.25) is 0 Å².